The SMILES string of the molecule is CCCCC(Br)CCCc1ccccc1Oc1ccccc1CCCC(Br)CCCC. The molecule has 0 spiro atoms. The number of hydrogen-bond acceptors (Lipinski definition) is 1. The molecular formula is C28H40Br2O. The number of hydrogen-bond donors (Lipinski definition) is 0. The molecule has 0 amide bonds. The highest BCUT2D eigenvalue weighted by Crippen LogP contribution is 2.31. The first-order chi connectivity index (χ1) is 15.1. The van der Waals surface area contributed by atoms with Crippen LogP contribution in [0.25, 0.3) is 0 Å². The van der Waals surface area contributed by atoms with Crippen molar-refractivity contribution in [2.45, 2.75) is 101 Å². The summed E-state index contributed by atoms with van der Waals surface area (Å²) >= 11 is 7.70. The maximum Gasteiger partial charge on any atom is 0.130 e. The molecule has 3 heteroatoms. The Bertz CT molecular complexity index is 669. The summed E-state index contributed by atoms with van der Waals surface area (Å²) in [6.45, 7) is 4.52. The summed E-state index contributed by atoms with van der Waals surface area (Å²) in [5.74, 6) is 2.02. The van der Waals surface area contributed by atoms with E-state index in [4.69, 9.17) is 4.74 Å². The molecule has 0 aliphatic heterocycles. The highest BCUT2D eigenvalue weighted by atomic mass is 79.9. The topological polar surface area (TPSA) is 9.23 Å². The Morgan fingerprint density at radius 1 is 0.613 bits per heavy atom. The average Bonchev–Trinajstić information content (AvgIpc) is 2.78. The lowest BCUT2D eigenvalue weighted by atomic mass is 10.0. The van der Waals surface area contributed by atoms with E-state index in [-0.39, 0.29) is 0 Å². The number of halogens is 2. The minimum absolute atomic E-state index is 0.636. The lowest BCUT2D eigenvalue weighted by molar-refractivity contribution is 0.466. The molecule has 2 rings (SSSR count). The van der Waals surface area contributed by atoms with Crippen LogP contribution in [0.15, 0.2) is 48.5 Å². The van der Waals surface area contributed by atoms with Crippen LogP contribution >= 0.6 is 31.9 Å². The number of rotatable bonds is 16. The van der Waals surface area contributed by atoms with Crippen molar-refractivity contribution >= 4 is 31.9 Å². The first kappa shape index (κ1) is 26.5. The number of ether oxygens (including phenoxy) is 1. The molecule has 0 bridgehead atoms. The van der Waals surface area contributed by atoms with Gasteiger partial charge >= 0.3 is 0 Å². The molecule has 0 saturated heterocycles. The van der Waals surface area contributed by atoms with Crippen molar-refractivity contribution in [1.29, 1.82) is 0 Å². The van der Waals surface area contributed by atoms with Gasteiger partial charge in [-0.2, -0.15) is 0 Å². The van der Waals surface area contributed by atoms with Crippen molar-refractivity contribution in [3.05, 3.63) is 59.7 Å². The van der Waals surface area contributed by atoms with E-state index in [1.54, 1.807) is 0 Å². The second-order valence-electron chi connectivity index (χ2n) is 8.58. The van der Waals surface area contributed by atoms with E-state index in [9.17, 15) is 0 Å². The van der Waals surface area contributed by atoms with Crippen molar-refractivity contribution in [2.24, 2.45) is 0 Å². The van der Waals surface area contributed by atoms with Gasteiger partial charge in [0.15, 0.2) is 0 Å². The predicted molar refractivity (Wildman–Crippen MR) is 143 cm³/mol. The zero-order chi connectivity index (χ0) is 22.3. The van der Waals surface area contributed by atoms with E-state index in [2.05, 4.69) is 94.2 Å². The molecular weight excluding hydrogens is 512 g/mol. The van der Waals surface area contributed by atoms with Gasteiger partial charge in [-0.05, 0) is 74.6 Å². The van der Waals surface area contributed by atoms with Crippen LogP contribution in [-0.2, 0) is 12.8 Å². The zero-order valence-electron chi connectivity index (χ0n) is 19.4. The molecule has 2 aromatic carbocycles. The van der Waals surface area contributed by atoms with Crippen molar-refractivity contribution in [2.75, 3.05) is 0 Å². The second kappa shape index (κ2) is 15.9. The van der Waals surface area contributed by atoms with Crippen LogP contribution in [0.2, 0.25) is 0 Å². The van der Waals surface area contributed by atoms with Crippen LogP contribution in [-0.4, -0.2) is 9.65 Å². The highest BCUT2D eigenvalue weighted by Gasteiger charge is 2.11. The molecule has 1 nitrogen and oxygen atoms in total. The van der Waals surface area contributed by atoms with Crippen molar-refractivity contribution < 1.29 is 4.74 Å². The van der Waals surface area contributed by atoms with Gasteiger partial charge in [-0.1, -0.05) is 108 Å². The molecule has 0 aliphatic carbocycles. The Kier molecular flexibility index (Phi) is 13.6. The van der Waals surface area contributed by atoms with Gasteiger partial charge in [0.2, 0.25) is 0 Å². The third-order valence-corrected chi connectivity index (χ3v) is 7.67. The van der Waals surface area contributed by atoms with Crippen LogP contribution in [0.3, 0.4) is 0 Å². The Morgan fingerprint density at radius 3 is 1.42 bits per heavy atom. The molecule has 2 unspecified atom stereocenters. The Morgan fingerprint density at radius 2 is 1.00 bits per heavy atom. The number of unbranched alkanes of at least 4 members (excludes halogenated alkanes) is 2. The summed E-state index contributed by atoms with van der Waals surface area (Å²) in [6.07, 6.45) is 14.6. The van der Waals surface area contributed by atoms with Crippen LogP contribution in [0.1, 0.15) is 89.2 Å². The van der Waals surface area contributed by atoms with Crippen molar-refractivity contribution in [3.63, 3.8) is 0 Å². The third kappa shape index (κ3) is 10.6. The summed E-state index contributed by atoms with van der Waals surface area (Å²) < 4.78 is 6.46. The number of alkyl halides is 2. The van der Waals surface area contributed by atoms with Gasteiger partial charge in [-0.25, -0.2) is 0 Å². The Labute approximate surface area is 207 Å². The fourth-order valence-corrected chi connectivity index (χ4v) is 5.20. The standard InChI is InChI=1S/C28H40Br2O/c1-3-5-17-25(29)19-11-15-23-13-7-9-21-27(23)31-28-22-10-8-14-24(28)16-12-20-26(30)18-6-4-2/h7-10,13-14,21-22,25-26H,3-6,11-12,15-20H2,1-2H3. The Hall–Kier alpha value is -0.800. The first-order valence-electron chi connectivity index (χ1n) is 12.3. The van der Waals surface area contributed by atoms with Gasteiger partial charge in [-0.3, -0.25) is 0 Å². The number of benzene rings is 2. The number of para-hydroxylation sites is 2. The fraction of sp³-hybridized carbons (Fsp3) is 0.571. The molecule has 0 heterocycles. The largest absolute Gasteiger partial charge is 0.457 e. The second-order valence-corrected chi connectivity index (χ2v) is 11.2. The van der Waals surface area contributed by atoms with Crippen molar-refractivity contribution in [1.82, 2.24) is 0 Å². The van der Waals surface area contributed by atoms with Crippen LogP contribution in [0.5, 0.6) is 11.5 Å². The van der Waals surface area contributed by atoms with Gasteiger partial charge in [0.25, 0.3) is 0 Å². The van der Waals surface area contributed by atoms with E-state index in [0.29, 0.717) is 9.65 Å². The molecule has 172 valence electrons. The lowest BCUT2D eigenvalue weighted by Gasteiger charge is -2.15. The molecule has 0 aliphatic rings. The van der Waals surface area contributed by atoms with Crippen LogP contribution < -0.4 is 4.74 Å². The molecule has 0 fully saturated rings. The molecule has 2 aromatic rings. The average molecular weight is 552 g/mol. The maximum atomic E-state index is 6.46. The van der Waals surface area contributed by atoms with Gasteiger partial charge in [-0.15, -0.1) is 0 Å². The maximum absolute atomic E-state index is 6.46. The molecule has 31 heavy (non-hydrogen) atoms. The summed E-state index contributed by atoms with van der Waals surface area (Å²) in [4.78, 5) is 1.27. The summed E-state index contributed by atoms with van der Waals surface area (Å²) in [7, 11) is 0. The lowest BCUT2D eigenvalue weighted by Crippen LogP contribution is -2.01. The van der Waals surface area contributed by atoms with E-state index in [1.165, 1.54) is 75.3 Å². The molecule has 0 radical (unpaired) electrons. The summed E-state index contributed by atoms with van der Waals surface area (Å²) in [5.41, 5.74) is 2.63. The van der Waals surface area contributed by atoms with E-state index in [0.717, 1.165) is 24.3 Å². The van der Waals surface area contributed by atoms with Gasteiger partial charge in [0, 0.05) is 9.65 Å². The molecule has 0 N–H and O–H groups in total. The van der Waals surface area contributed by atoms with Crippen LogP contribution in [0.4, 0.5) is 0 Å². The smallest absolute Gasteiger partial charge is 0.130 e. The minimum atomic E-state index is 0.636. The van der Waals surface area contributed by atoms with Gasteiger partial charge in [0.1, 0.15) is 11.5 Å². The molecule has 0 saturated carbocycles. The monoisotopic (exact) mass is 550 g/mol. The number of aryl methyl sites for hydroxylation is 2. The van der Waals surface area contributed by atoms with E-state index < -0.39 is 0 Å². The minimum Gasteiger partial charge on any atom is -0.457 e. The van der Waals surface area contributed by atoms with E-state index in [1.807, 2.05) is 0 Å². The third-order valence-electron chi connectivity index (χ3n) is 5.83. The molecule has 0 aromatic heterocycles. The van der Waals surface area contributed by atoms with Crippen molar-refractivity contribution in [3.8, 4) is 11.5 Å². The molecule has 2 atom stereocenters. The zero-order valence-corrected chi connectivity index (χ0v) is 22.6. The predicted octanol–water partition coefficient (Wildman–Crippen LogP) is 10.0. The van der Waals surface area contributed by atoms with E-state index >= 15 is 0 Å². The quantitative estimate of drug-likeness (QED) is 0.188. The summed E-state index contributed by atoms with van der Waals surface area (Å²) in [6, 6.07) is 17.1. The van der Waals surface area contributed by atoms with Gasteiger partial charge in [0.05, 0.1) is 0 Å². The fourth-order valence-electron chi connectivity index (χ4n) is 3.91. The van der Waals surface area contributed by atoms with Gasteiger partial charge < -0.3 is 4.74 Å². The normalized spacial score (nSPS) is 13.2. The first-order valence-corrected chi connectivity index (χ1v) is 14.1. The Balaban J connectivity index is 1.92. The van der Waals surface area contributed by atoms with Crippen LogP contribution in [0, 0.1) is 0 Å². The highest BCUT2D eigenvalue weighted by molar-refractivity contribution is 9.09. The summed E-state index contributed by atoms with van der Waals surface area (Å²) in [5, 5.41) is 0.